The van der Waals surface area contributed by atoms with Crippen LogP contribution in [-0.2, 0) is 14.6 Å². The fourth-order valence-corrected chi connectivity index (χ4v) is 2.52. The molecule has 0 unspecified atom stereocenters. The molecule has 0 aliphatic carbocycles. The summed E-state index contributed by atoms with van der Waals surface area (Å²) in [6, 6.07) is 8.40. The number of hydrogen-bond donors (Lipinski definition) is 0. The minimum atomic E-state index is -3.23. The van der Waals surface area contributed by atoms with E-state index in [1.165, 1.54) is 6.08 Å². The Bertz CT molecular complexity index is 532. The number of ether oxygens (including phenoxy) is 2. The Balaban J connectivity index is 1.89. The maximum atomic E-state index is 11.3. The van der Waals surface area contributed by atoms with Crippen LogP contribution in [0, 0.1) is 0 Å². The average molecular weight is 254 g/mol. The summed E-state index contributed by atoms with van der Waals surface area (Å²) in [7, 11) is -3.23. The second-order valence-corrected chi connectivity index (χ2v) is 5.41. The second kappa shape index (κ2) is 4.58. The molecule has 0 saturated carbocycles. The van der Waals surface area contributed by atoms with Gasteiger partial charge < -0.3 is 9.47 Å². The maximum Gasteiger partial charge on any atom is 0.514 e. The first-order valence-electron chi connectivity index (χ1n) is 4.90. The number of hydrogen-bond acceptors (Lipinski definition) is 5. The molecule has 0 amide bonds. The van der Waals surface area contributed by atoms with E-state index in [0.29, 0.717) is 5.75 Å². The van der Waals surface area contributed by atoms with Gasteiger partial charge >= 0.3 is 6.16 Å². The van der Waals surface area contributed by atoms with Gasteiger partial charge in [0.1, 0.15) is 11.9 Å². The Morgan fingerprint density at radius 2 is 1.94 bits per heavy atom. The zero-order valence-corrected chi connectivity index (χ0v) is 9.59. The van der Waals surface area contributed by atoms with E-state index in [0.717, 1.165) is 5.41 Å². The summed E-state index contributed by atoms with van der Waals surface area (Å²) in [6.07, 6.45) is -0.360. The summed E-state index contributed by atoms with van der Waals surface area (Å²) in [5.41, 5.74) is 0. The van der Waals surface area contributed by atoms with Gasteiger partial charge in [-0.1, -0.05) is 18.2 Å². The number of carbonyl (C=O) groups is 1. The van der Waals surface area contributed by atoms with Crippen molar-refractivity contribution in [2.75, 3.05) is 5.75 Å². The van der Waals surface area contributed by atoms with Crippen molar-refractivity contribution in [2.24, 2.45) is 0 Å². The molecule has 0 saturated heterocycles. The molecule has 17 heavy (non-hydrogen) atoms. The molecule has 1 heterocycles. The lowest BCUT2D eigenvalue weighted by molar-refractivity contribution is 0.0841. The van der Waals surface area contributed by atoms with Gasteiger partial charge in [0.15, 0.2) is 9.84 Å². The molecule has 0 spiro atoms. The highest BCUT2D eigenvalue weighted by Gasteiger charge is 2.25. The lowest BCUT2D eigenvalue weighted by Gasteiger charge is -2.09. The van der Waals surface area contributed by atoms with E-state index in [-0.39, 0.29) is 5.75 Å². The number of para-hydroxylation sites is 1. The van der Waals surface area contributed by atoms with Gasteiger partial charge in [-0.05, 0) is 18.2 Å². The highest BCUT2D eigenvalue weighted by molar-refractivity contribution is 7.94. The first kappa shape index (κ1) is 11.7. The van der Waals surface area contributed by atoms with Crippen LogP contribution in [0.25, 0.3) is 0 Å². The van der Waals surface area contributed by atoms with E-state index in [4.69, 9.17) is 9.47 Å². The van der Waals surface area contributed by atoms with Gasteiger partial charge in [-0.3, -0.25) is 0 Å². The number of benzene rings is 1. The van der Waals surface area contributed by atoms with Crippen molar-refractivity contribution in [1.82, 2.24) is 0 Å². The monoisotopic (exact) mass is 254 g/mol. The van der Waals surface area contributed by atoms with E-state index in [9.17, 15) is 13.2 Å². The minimum Gasteiger partial charge on any atom is -0.425 e. The van der Waals surface area contributed by atoms with Crippen molar-refractivity contribution >= 4 is 16.0 Å². The van der Waals surface area contributed by atoms with Gasteiger partial charge in [-0.25, -0.2) is 13.2 Å². The quantitative estimate of drug-likeness (QED) is 0.591. The van der Waals surface area contributed by atoms with Crippen molar-refractivity contribution < 1.29 is 22.7 Å². The lowest BCUT2D eigenvalue weighted by Crippen LogP contribution is -2.22. The first-order chi connectivity index (χ1) is 8.05. The lowest BCUT2D eigenvalue weighted by atomic mass is 10.3. The largest absolute Gasteiger partial charge is 0.514 e. The third kappa shape index (κ3) is 3.32. The number of carbonyl (C=O) groups excluding carboxylic acids is 1. The first-order valence-corrected chi connectivity index (χ1v) is 6.61. The van der Waals surface area contributed by atoms with Crippen LogP contribution in [0.4, 0.5) is 4.79 Å². The van der Waals surface area contributed by atoms with Crippen molar-refractivity contribution in [3.05, 3.63) is 41.8 Å². The Hall–Kier alpha value is -1.82. The van der Waals surface area contributed by atoms with Crippen molar-refractivity contribution in [3.63, 3.8) is 0 Å². The number of rotatable bonds is 2. The fourth-order valence-electron chi connectivity index (χ4n) is 1.35. The maximum absolute atomic E-state index is 11.3. The highest BCUT2D eigenvalue weighted by atomic mass is 32.2. The summed E-state index contributed by atoms with van der Waals surface area (Å²) in [6.45, 7) is 0. The third-order valence-corrected chi connectivity index (χ3v) is 3.45. The normalized spacial score (nSPS) is 21.1. The molecule has 1 aromatic carbocycles. The van der Waals surface area contributed by atoms with E-state index < -0.39 is 22.1 Å². The summed E-state index contributed by atoms with van der Waals surface area (Å²) in [5, 5.41) is 1.04. The smallest absolute Gasteiger partial charge is 0.425 e. The number of sulfone groups is 1. The molecule has 2 rings (SSSR count). The van der Waals surface area contributed by atoms with Gasteiger partial charge in [0.2, 0.25) is 0 Å². The van der Waals surface area contributed by atoms with E-state index in [1.54, 1.807) is 30.3 Å². The molecular weight excluding hydrogens is 244 g/mol. The van der Waals surface area contributed by atoms with Crippen LogP contribution < -0.4 is 4.74 Å². The summed E-state index contributed by atoms with van der Waals surface area (Å²) < 4.78 is 31.8. The molecule has 0 N–H and O–H groups in total. The molecule has 1 aliphatic rings. The molecule has 5 nitrogen and oxygen atoms in total. The van der Waals surface area contributed by atoms with E-state index in [1.807, 2.05) is 0 Å². The summed E-state index contributed by atoms with van der Waals surface area (Å²) >= 11 is 0. The summed E-state index contributed by atoms with van der Waals surface area (Å²) in [5.74, 6) is 0.124. The second-order valence-electron chi connectivity index (χ2n) is 3.48. The molecule has 0 fully saturated rings. The predicted molar refractivity (Wildman–Crippen MR) is 60.3 cm³/mol. The predicted octanol–water partition coefficient (Wildman–Crippen LogP) is 1.51. The van der Waals surface area contributed by atoms with Crippen LogP contribution in [0.1, 0.15) is 0 Å². The van der Waals surface area contributed by atoms with Crippen LogP contribution in [-0.4, -0.2) is 26.4 Å². The average Bonchev–Trinajstić information content (AvgIpc) is 2.59. The van der Waals surface area contributed by atoms with E-state index in [2.05, 4.69) is 0 Å². The molecule has 0 radical (unpaired) electrons. The zero-order chi connectivity index (χ0) is 12.3. The Labute approximate surface area is 98.6 Å². The fraction of sp³-hybridized carbons (Fsp3) is 0.182. The van der Waals surface area contributed by atoms with Crippen LogP contribution >= 0.6 is 0 Å². The van der Waals surface area contributed by atoms with Crippen LogP contribution in [0.5, 0.6) is 5.75 Å². The standard InChI is InChI=1S/C11H10O5S/c12-11(15-9-4-2-1-3-5-9)16-10-6-7-17(13,14)8-10/h1-7,10H,8H2/t10-/m0/s1. The van der Waals surface area contributed by atoms with Gasteiger partial charge in [-0.2, -0.15) is 0 Å². The minimum absolute atomic E-state index is 0.225. The van der Waals surface area contributed by atoms with Gasteiger partial charge in [0.05, 0.1) is 5.75 Å². The molecule has 1 aromatic rings. The topological polar surface area (TPSA) is 69.7 Å². The SMILES string of the molecule is O=C(Oc1ccccc1)O[C@H]1C=CS(=O)(=O)C1. The molecule has 0 bridgehead atoms. The molecular formula is C11H10O5S. The van der Waals surface area contributed by atoms with Crippen molar-refractivity contribution in [3.8, 4) is 5.75 Å². The Morgan fingerprint density at radius 3 is 2.53 bits per heavy atom. The van der Waals surface area contributed by atoms with Gasteiger partial charge in [0.25, 0.3) is 0 Å². The third-order valence-electron chi connectivity index (χ3n) is 2.09. The molecule has 90 valence electrons. The van der Waals surface area contributed by atoms with Gasteiger partial charge in [0, 0.05) is 5.41 Å². The molecule has 1 atom stereocenters. The summed E-state index contributed by atoms with van der Waals surface area (Å²) in [4.78, 5) is 11.3. The van der Waals surface area contributed by atoms with Crippen molar-refractivity contribution in [1.29, 1.82) is 0 Å². The zero-order valence-electron chi connectivity index (χ0n) is 8.78. The van der Waals surface area contributed by atoms with Crippen LogP contribution in [0.15, 0.2) is 41.8 Å². The van der Waals surface area contributed by atoms with Gasteiger partial charge in [-0.15, -0.1) is 0 Å². The molecule has 0 aromatic heterocycles. The Morgan fingerprint density at radius 1 is 1.24 bits per heavy atom. The van der Waals surface area contributed by atoms with Crippen molar-refractivity contribution in [2.45, 2.75) is 6.10 Å². The van der Waals surface area contributed by atoms with E-state index >= 15 is 0 Å². The Kier molecular flexibility index (Phi) is 3.14. The molecule has 1 aliphatic heterocycles. The van der Waals surface area contributed by atoms with Crippen LogP contribution in [0.2, 0.25) is 0 Å². The van der Waals surface area contributed by atoms with Crippen LogP contribution in [0.3, 0.4) is 0 Å². The highest BCUT2D eigenvalue weighted by Crippen LogP contribution is 2.14. The molecule has 6 heteroatoms.